The molecule has 1 unspecified atom stereocenters. The number of nitrogens with zero attached hydrogens (tertiary/aromatic N) is 1. The van der Waals surface area contributed by atoms with Crippen molar-refractivity contribution in [1.82, 2.24) is 10.3 Å². The molecule has 2 rings (SSSR count). The molecular weight excluding hydrogens is 207 g/mol. The zero-order chi connectivity index (χ0) is 11.6. The number of hydrogen-bond acceptors (Lipinski definition) is 3. The Hall–Kier alpha value is -1.00. The van der Waals surface area contributed by atoms with Gasteiger partial charge in [0.1, 0.15) is 5.82 Å². The summed E-state index contributed by atoms with van der Waals surface area (Å²) in [7, 11) is 0. The van der Waals surface area contributed by atoms with Crippen LogP contribution in [0.1, 0.15) is 19.4 Å². The lowest BCUT2D eigenvalue weighted by Gasteiger charge is -2.25. The van der Waals surface area contributed by atoms with Crippen LogP contribution in [-0.2, 0) is 11.3 Å². The third-order valence-corrected chi connectivity index (χ3v) is 3.10. The van der Waals surface area contributed by atoms with E-state index in [9.17, 15) is 4.39 Å². The van der Waals surface area contributed by atoms with Crippen molar-refractivity contribution in [2.75, 3.05) is 13.2 Å². The van der Waals surface area contributed by atoms with Crippen LogP contribution in [0.3, 0.4) is 0 Å². The molecule has 3 nitrogen and oxygen atoms in total. The summed E-state index contributed by atoms with van der Waals surface area (Å²) in [6.07, 6.45) is 2.85. The highest BCUT2D eigenvalue weighted by Crippen LogP contribution is 2.27. The Kier molecular flexibility index (Phi) is 3.21. The summed E-state index contributed by atoms with van der Waals surface area (Å²) >= 11 is 0. The van der Waals surface area contributed by atoms with Crippen LogP contribution in [-0.4, -0.2) is 24.2 Å². The summed E-state index contributed by atoms with van der Waals surface area (Å²) in [4.78, 5) is 3.73. The van der Waals surface area contributed by atoms with Crippen molar-refractivity contribution in [2.24, 2.45) is 5.41 Å². The fraction of sp³-hybridized carbons (Fsp3) is 0.583. The van der Waals surface area contributed by atoms with E-state index in [0.717, 1.165) is 6.61 Å². The van der Waals surface area contributed by atoms with Crippen LogP contribution in [0.2, 0.25) is 0 Å². The van der Waals surface area contributed by atoms with Gasteiger partial charge in [-0.05, 0) is 6.07 Å². The van der Waals surface area contributed by atoms with E-state index in [2.05, 4.69) is 24.1 Å². The monoisotopic (exact) mass is 224 g/mol. The minimum Gasteiger partial charge on any atom is -0.379 e. The third kappa shape index (κ3) is 2.39. The highest BCUT2D eigenvalue weighted by Gasteiger charge is 2.35. The molecule has 1 aliphatic rings. The molecule has 1 fully saturated rings. The predicted molar refractivity (Wildman–Crippen MR) is 59.4 cm³/mol. The van der Waals surface area contributed by atoms with Crippen molar-refractivity contribution in [3.63, 3.8) is 0 Å². The summed E-state index contributed by atoms with van der Waals surface area (Å²) in [6, 6.07) is 1.98. The van der Waals surface area contributed by atoms with Gasteiger partial charge in [0.2, 0.25) is 0 Å². The molecule has 0 aliphatic carbocycles. The number of ether oxygens (including phenoxy) is 1. The first-order valence-corrected chi connectivity index (χ1v) is 5.49. The Morgan fingerprint density at radius 1 is 1.62 bits per heavy atom. The molecule has 2 heterocycles. The number of pyridine rings is 1. The number of nitrogens with one attached hydrogen (secondary N) is 1. The van der Waals surface area contributed by atoms with Crippen LogP contribution >= 0.6 is 0 Å². The quantitative estimate of drug-likeness (QED) is 0.849. The molecule has 0 radical (unpaired) electrons. The summed E-state index contributed by atoms with van der Waals surface area (Å²) in [5.74, 6) is -0.258. The number of hydrogen-bond donors (Lipinski definition) is 1. The molecule has 0 bridgehead atoms. The van der Waals surface area contributed by atoms with Gasteiger partial charge in [-0.25, -0.2) is 4.39 Å². The van der Waals surface area contributed by atoms with E-state index in [1.54, 1.807) is 12.3 Å². The summed E-state index contributed by atoms with van der Waals surface area (Å²) < 4.78 is 18.7. The first kappa shape index (κ1) is 11.5. The molecule has 1 atom stereocenters. The topological polar surface area (TPSA) is 34.1 Å². The van der Waals surface area contributed by atoms with Crippen LogP contribution < -0.4 is 5.32 Å². The van der Waals surface area contributed by atoms with E-state index >= 15 is 0 Å². The molecule has 0 amide bonds. The van der Waals surface area contributed by atoms with Crippen LogP contribution in [0.5, 0.6) is 0 Å². The van der Waals surface area contributed by atoms with Gasteiger partial charge >= 0.3 is 0 Å². The molecule has 0 saturated carbocycles. The van der Waals surface area contributed by atoms with Crippen LogP contribution in [0.25, 0.3) is 0 Å². The van der Waals surface area contributed by atoms with Crippen molar-refractivity contribution < 1.29 is 9.13 Å². The fourth-order valence-electron chi connectivity index (χ4n) is 1.88. The Morgan fingerprint density at radius 3 is 3.06 bits per heavy atom. The SMILES string of the molecule is CC1(C)COCC1NCc1ccncc1F. The van der Waals surface area contributed by atoms with E-state index < -0.39 is 0 Å². The summed E-state index contributed by atoms with van der Waals surface area (Å²) in [6.45, 7) is 6.27. The van der Waals surface area contributed by atoms with Gasteiger partial charge in [-0.2, -0.15) is 0 Å². The second-order valence-corrected chi connectivity index (χ2v) is 4.90. The Bertz CT molecular complexity index is 368. The highest BCUT2D eigenvalue weighted by atomic mass is 19.1. The summed E-state index contributed by atoms with van der Waals surface area (Å²) in [5.41, 5.74) is 0.765. The average molecular weight is 224 g/mol. The second kappa shape index (κ2) is 4.47. The molecule has 1 aliphatic heterocycles. The highest BCUT2D eigenvalue weighted by molar-refractivity contribution is 5.12. The Balaban J connectivity index is 1.95. The molecule has 4 heteroatoms. The van der Waals surface area contributed by atoms with Crippen molar-refractivity contribution in [2.45, 2.75) is 26.4 Å². The molecular formula is C12H17FN2O. The zero-order valence-corrected chi connectivity index (χ0v) is 9.66. The van der Waals surface area contributed by atoms with Crippen LogP contribution in [0.15, 0.2) is 18.5 Å². The zero-order valence-electron chi connectivity index (χ0n) is 9.66. The Morgan fingerprint density at radius 2 is 2.44 bits per heavy atom. The lowest BCUT2D eigenvalue weighted by molar-refractivity contribution is 0.166. The normalized spacial score (nSPS) is 23.6. The largest absolute Gasteiger partial charge is 0.379 e. The average Bonchev–Trinajstić information content (AvgIpc) is 2.57. The van der Waals surface area contributed by atoms with E-state index in [0.29, 0.717) is 18.7 Å². The van der Waals surface area contributed by atoms with Gasteiger partial charge in [-0.3, -0.25) is 4.98 Å². The van der Waals surface area contributed by atoms with Crippen LogP contribution in [0.4, 0.5) is 4.39 Å². The smallest absolute Gasteiger partial charge is 0.145 e. The molecule has 1 aromatic heterocycles. The maximum Gasteiger partial charge on any atom is 0.145 e. The predicted octanol–water partition coefficient (Wildman–Crippen LogP) is 1.74. The molecule has 1 aromatic rings. The maximum atomic E-state index is 13.3. The van der Waals surface area contributed by atoms with Crippen molar-refractivity contribution >= 4 is 0 Å². The third-order valence-electron chi connectivity index (χ3n) is 3.10. The first-order valence-electron chi connectivity index (χ1n) is 5.49. The number of aromatic nitrogens is 1. The lowest BCUT2D eigenvalue weighted by atomic mass is 9.88. The molecule has 1 N–H and O–H groups in total. The lowest BCUT2D eigenvalue weighted by Crippen LogP contribution is -2.40. The van der Waals surface area contributed by atoms with Gasteiger partial charge in [0, 0.05) is 29.8 Å². The van der Waals surface area contributed by atoms with Gasteiger partial charge < -0.3 is 10.1 Å². The van der Waals surface area contributed by atoms with Gasteiger partial charge in [0.25, 0.3) is 0 Å². The van der Waals surface area contributed by atoms with Crippen molar-refractivity contribution in [3.05, 3.63) is 29.8 Å². The second-order valence-electron chi connectivity index (χ2n) is 4.90. The number of halogens is 1. The van der Waals surface area contributed by atoms with E-state index in [-0.39, 0.29) is 17.3 Å². The van der Waals surface area contributed by atoms with Crippen LogP contribution in [0, 0.1) is 11.2 Å². The van der Waals surface area contributed by atoms with Crippen molar-refractivity contribution in [3.8, 4) is 0 Å². The molecule has 1 saturated heterocycles. The minimum absolute atomic E-state index is 0.115. The van der Waals surface area contributed by atoms with Gasteiger partial charge in [-0.15, -0.1) is 0 Å². The van der Waals surface area contributed by atoms with Crippen molar-refractivity contribution in [1.29, 1.82) is 0 Å². The first-order chi connectivity index (χ1) is 7.59. The van der Waals surface area contributed by atoms with Gasteiger partial charge in [-0.1, -0.05) is 13.8 Å². The van der Waals surface area contributed by atoms with E-state index in [4.69, 9.17) is 4.74 Å². The molecule has 0 aromatic carbocycles. The fourth-order valence-corrected chi connectivity index (χ4v) is 1.88. The Labute approximate surface area is 95.0 Å². The van der Waals surface area contributed by atoms with E-state index in [1.807, 2.05) is 0 Å². The van der Waals surface area contributed by atoms with E-state index in [1.165, 1.54) is 6.20 Å². The molecule has 88 valence electrons. The molecule has 16 heavy (non-hydrogen) atoms. The minimum atomic E-state index is -0.258. The standard InChI is InChI=1S/C12H17FN2O/c1-12(2)8-16-7-11(12)15-5-9-3-4-14-6-10(9)13/h3-4,6,11,15H,5,7-8H2,1-2H3. The number of rotatable bonds is 3. The maximum absolute atomic E-state index is 13.3. The van der Waals surface area contributed by atoms with Gasteiger partial charge in [0.05, 0.1) is 19.4 Å². The molecule has 0 spiro atoms. The van der Waals surface area contributed by atoms with Gasteiger partial charge in [0.15, 0.2) is 0 Å². The summed E-state index contributed by atoms with van der Waals surface area (Å²) in [5, 5.41) is 3.34.